The van der Waals surface area contributed by atoms with E-state index in [1.807, 2.05) is 37.0 Å². The van der Waals surface area contributed by atoms with Crippen molar-refractivity contribution in [2.75, 3.05) is 11.9 Å². The fraction of sp³-hybridized carbons (Fsp3) is 0.250. The van der Waals surface area contributed by atoms with E-state index < -0.39 is 0 Å². The van der Waals surface area contributed by atoms with Gasteiger partial charge < -0.3 is 5.32 Å². The lowest BCUT2D eigenvalue weighted by Crippen LogP contribution is -2.05. The van der Waals surface area contributed by atoms with Crippen molar-refractivity contribution in [2.45, 2.75) is 13.3 Å². The van der Waals surface area contributed by atoms with E-state index in [1.165, 1.54) is 10.9 Å². The predicted octanol–water partition coefficient (Wildman–Crippen LogP) is 2.93. The van der Waals surface area contributed by atoms with E-state index in [9.17, 15) is 0 Å². The number of anilines is 1. The Morgan fingerprint density at radius 2 is 2.10 bits per heavy atom. The molecule has 0 fully saturated rings. The molecule has 0 amide bonds. The number of para-hydroxylation sites is 1. The third-order valence-corrected chi connectivity index (χ3v) is 3.33. The van der Waals surface area contributed by atoms with Gasteiger partial charge in [0.25, 0.3) is 0 Å². The molecule has 3 rings (SSSR count). The molecule has 0 radical (unpaired) electrons. The van der Waals surface area contributed by atoms with Crippen molar-refractivity contribution >= 4 is 16.6 Å². The third-order valence-electron chi connectivity index (χ3n) is 3.33. The molecular weight excluding hydrogens is 248 g/mol. The molecular formula is C16H18N4. The van der Waals surface area contributed by atoms with Crippen molar-refractivity contribution in [1.82, 2.24) is 14.8 Å². The summed E-state index contributed by atoms with van der Waals surface area (Å²) in [5.74, 6) is 0. The van der Waals surface area contributed by atoms with E-state index in [1.54, 1.807) is 0 Å². The number of aromatic nitrogens is 3. The number of benzene rings is 1. The Hall–Kier alpha value is -2.36. The summed E-state index contributed by atoms with van der Waals surface area (Å²) in [6, 6.07) is 10.3. The normalized spacial score (nSPS) is 10.9. The van der Waals surface area contributed by atoms with Gasteiger partial charge in [0, 0.05) is 36.6 Å². The van der Waals surface area contributed by atoms with E-state index >= 15 is 0 Å². The standard InChI is InChI=1S/C16H18N4/c1-12-9-16(14-5-3-4-6-15(14)19-12)17-8-7-13-10-18-20(2)11-13/h3-6,9-11H,7-8H2,1-2H3,(H,17,19). The Balaban J connectivity index is 1.77. The lowest BCUT2D eigenvalue weighted by molar-refractivity contribution is 0.767. The van der Waals surface area contributed by atoms with Crippen LogP contribution in [0.15, 0.2) is 42.7 Å². The number of aryl methyl sites for hydroxylation is 2. The Labute approximate surface area is 118 Å². The molecule has 2 heterocycles. The Morgan fingerprint density at radius 3 is 2.90 bits per heavy atom. The van der Waals surface area contributed by atoms with E-state index in [-0.39, 0.29) is 0 Å². The van der Waals surface area contributed by atoms with Gasteiger partial charge in [0.1, 0.15) is 0 Å². The quantitative estimate of drug-likeness (QED) is 0.789. The first kappa shape index (κ1) is 12.7. The highest BCUT2D eigenvalue weighted by molar-refractivity contribution is 5.91. The summed E-state index contributed by atoms with van der Waals surface area (Å²) in [7, 11) is 1.94. The lowest BCUT2D eigenvalue weighted by Gasteiger charge is -2.10. The summed E-state index contributed by atoms with van der Waals surface area (Å²) < 4.78 is 1.83. The average molecular weight is 266 g/mol. The maximum atomic E-state index is 4.55. The SMILES string of the molecule is Cc1cc(NCCc2cnn(C)c2)c2ccccc2n1. The fourth-order valence-electron chi connectivity index (χ4n) is 2.40. The van der Waals surface area contributed by atoms with Crippen LogP contribution in [0.4, 0.5) is 5.69 Å². The highest BCUT2D eigenvalue weighted by Crippen LogP contribution is 2.22. The molecule has 0 aliphatic carbocycles. The molecule has 0 atom stereocenters. The van der Waals surface area contributed by atoms with Gasteiger partial charge in [0.15, 0.2) is 0 Å². The first-order valence-corrected chi connectivity index (χ1v) is 6.80. The fourth-order valence-corrected chi connectivity index (χ4v) is 2.40. The minimum absolute atomic E-state index is 0.888. The van der Waals surface area contributed by atoms with Gasteiger partial charge in [-0.2, -0.15) is 5.10 Å². The molecule has 0 spiro atoms. The number of fused-ring (bicyclic) bond motifs is 1. The van der Waals surface area contributed by atoms with Crippen molar-refractivity contribution in [3.63, 3.8) is 0 Å². The van der Waals surface area contributed by atoms with Crippen LogP contribution in [0.3, 0.4) is 0 Å². The molecule has 2 aromatic heterocycles. The second-order valence-corrected chi connectivity index (χ2v) is 5.03. The average Bonchev–Trinajstić information content (AvgIpc) is 2.84. The van der Waals surface area contributed by atoms with Crippen LogP contribution in [0.2, 0.25) is 0 Å². The summed E-state index contributed by atoms with van der Waals surface area (Å²) >= 11 is 0. The smallest absolute Gasteiger partial charge is 0.0725 e. The second kappa shape index (κ2) is 5.33. The van der Waals surface area contributed by atoms with Crippen molar-refractivity contribution < 1.29 is 0 Å². The van der Waals surface area contributed by atoms with E-state index in [0.29, 0.717) is 0 Å². The Kier molecular flexibility index (Phi) is 3.37. The summed E-state index contributed by atoms with van der Waals surface area (Å²) in [6.45, 7) is 2.91. The van der Waals surface area contributed by atoms with Crippen LogP contribution < -0.4 is 5.32 Å². The number of nitrogens with one attached hydrogen (secondary N) is 1. The number of pyridine rings is 1. The molecule has 0 unspecified atom stereocenters. The Morgan fingerprint density at radius 1 is 1.25 bits per heavy atom. The topological polar surface area (TPSA) is 42.7 Å². The summed E-state index contributed by atoms with van der Waals surface area (Å²) in [6.07, 6.45) is 4.93. The van der Waals surface area contributed by atoms with Gasteiger partial charge in [-0.15, -0.1) is 0 Å². The highest BCUT2D eigenvalue weighted by atomic mass is 15.2. The van der Waals surface area contributed by atoms with Crippen molar-refractivity contribution in [3.05, 3.63) is 54.0 Å². The van der Waals surface area contributed by atoms with Gasteiger partial charge in [0.05, 0.1) is 11.7 Å². The van der Waals surface area contributed by atoms with Crippen LogP contribution in [-0.4, -0.2) is 21.3 Å². The maximum absolute atomic E-state index is 4.55. The molecule has 3 aromatic rings. The van der Waals surface area contributed by atoms with Gasteiger partial charge in [-0.1, -0.05) is 18.2 Å². The maximum Gasteiger partial charge on any atom is 0.0725 e. The molecule has 4 heteroatoms. The van der Waals surface area contributed by atoms with Gasteiger partial charge in [-0.3, -0.25) is 9.67 Å². The largest absolute Gasteiger partial charge is 0.384 e. The van der Waals surface area contributed by atoms with Crippen molar-refractivity contribution in [3.8, 4) is 0 Å². The number of hydrogen-bond donors (Lipinski definition) is 1. The zero-order valence-corrected chi connectivity index (χ0v) is 11.8. The molecule has 1 aromatic carbocycles. The van der Waals surface area contributed by atoms with Gasteiger partial charge in [0.2, 0.25) is 0 Å². The molecule has 0 saturated heterocycles. The molecule has 20 heavy (non-hydrogen) atoms. The molecule has 1 N–H and O–H groups in total. The van der Waals surface area contributed by atoms with E-state index in [4.69, 9.17) is 0 Å². The molecule has 102 valence electrons. The molecule has 0 bridgehead atoms. The minimum atomic E-state index is 0.888. The van der Waals surface area contributed by atoms with Crippen molar-refractivity contribution in [2.24, 2.45) is 7.05 Å². The first-order valence-electron chi connectivity index (χ1n) is 6.80. The monoisotopic (exact) mass is 266 g/mol. The zero-order chi connectivity index (χ0) is 13.9. The second-order valence-electron chi connectivity index (χ2n) is 5.03. The third kappa shape index (κ3) is 2.64. The highest BCUT2D eigenvalue weighted by Gasteiger charge is 2.03. The molecule has 0 saturated carbocycles. The molecule has 0 aliphatic heterocycles. The van der Waals surface area contributed by atoms with Gasteiger partial charge in [-0.05, 0) is 31.0 Å². The zero-order valence-electron chi connectivity index (χ0n) is 11.8. The van der Waals surface area contributed by atoms with Gasteiger partial charge >= 0.3 is 0 Å². The summed E-state index contributed by atoms with van der Waals surface area (Å²) in [5.41, 5.74) is 4.47. The number of hydrogen-bond acceptors (Lipinski definition) is 3. The number of nitrogens with zero attached hydrogens (tertiary/aromatic N) is 3. The predicted molar refractivity (Wildman–Crippen MR) is 81.9 cm³/mol. The first-order chi connectivity index (χ1) is 9.72. The summed E-state index contributed by atoms with van der Waals surface area (Å²) in [4.78, 5) is 4.55. The Bertz CT molecular complexity index is 730. The van der Waals surface area contributed by atoms with Crippen LogP contribution >= 0.6 is 0 Å². The number of rotatable bonds is 4. The van der Waals surface area contributed by atoms with E-state index in [0.717, 1.165) is 29.9 Å². The van der Waals surface area contributed by atoms with Crippen LogP contribution in [0.25, 0.3) is 10.9 Å². The van der Waals surface area contributed by atoms with Crippen LogP contribution in [0.5, 0.6) is 0 Å². The molecule has 0 aliphatic rings. The van der Waals surface area contributed by atoms with Crippen LogP contribution in [0.1, 0.15) is 11.3 Å². The van der Waals surface area contributed by atoms with Crippen LogP contribution in [-0.2, 0) is 13.5 Å². The van der Waals surface area contributed by atoms with Gasteiger partial charge in [-0.25, -0.2) is 0 Å². The molecule has 4 nitrogen and oxygen atoms in total. The minimum Gasteiger partial charge on any atom is -0.384 e. The lowest BCUT2D eigenvalue weighted by atomic mass is 10.1. The summed E-state index contributed by atoms with van der Waals surface area (Å²) in [5, 5.41) is 8.87. The van der Waals surface area contributed by atoms with Crippen LogP contribution in [0, 0.1) is 6.92 Å². The van der Waals surface area contributed by atoms with E-state index in [2.05, 4.69) is 39.8 Å². The van der Waals surface area contributed by atoms with Crippen molar-refractivity contribution in [1.29, 1.82) is 0 Å².